The molecule has 1 unspecified atom stereocenters. The first-order valence-corrected chi connectivity index (χ1v) is 8.28. The van der Waals surface area contributed by atoms with Crippen LogP contribution in [0.3, 0.4) is 0 Å². The van der Waals surface area contributed by atoms with Gasteiger partial charge in [-0.3, -0.25) is 4.79 Å². The Morgan fingerprint density at radius 3 is 2.81 bits per heavy atom. The molecule has 0 saturated heterocycles. The lowest BCUT2D eigenvalue weighted by molar-refractivity contribution is -0.120. The number of hydrogen-bond donors (Lipinski definition) is 1. The zero-order valence-electron chi connectivity index (χ0n) is 11.9. The van der Waals surface area contributed by atoms with E-state index in [4.69, 9.17) is 4.74 Å². The van der Waals surface area contributed by atoms with Crippen LogP contribution in [0, 0.1) is 0 Å². The number of benzene rings is 1. The van der Waals surface area contributed by atoms with E-state index in [2.05, 4.69) is 15.5 Å². The van der Waals surface area contributed by atoms with E-state index in [0.717, 1.165) is 16.5 Å². The molecule has 0 saturated carbocycles. The molecule has 0 bridgehead atoms. The van der Waals surface area contributed by atoms with Crippen LogP contribution in [0.4, 0.5) is 0 Å². The van der Waals surface area contributed by atoms with Gasteiger partial charge in [0.15, 0.2) is 4.34 Å². The minimum atomic E-state index is -0.172. The van der Waals surface area contributed by atoms with Gasteiger partial charge in [-0.25, -0.2) is 0 Å². The van der Waals surface area contributed by atoms with Crippen molar-refractivity contribution in [2.75, 3.05) is 13.7 Å². The van der Waals surface area contributed by atoms with Gasteiger partial charge in [0.1, 0.15) is 11.3 Å². The molecular weight excluding hydrogens is 306 g/mol. The van der Waals surface area contributed by atoms with Gasteiger partial charge < -0.3 is 10.1 Å². The summed E-state index contributed by atoms with van der Waals surface area (Å²) in [5.41, 5.74) is 2.83. The topological polar surface area (TPSA) is 64.1 Å². The molecule has 0 radical (unpaired) electrons. The van der Waals surface area contributed by atoms with Crippen molar-refractivity contribution in [3.8, 4) is 5.75 Å². The normalized spacial score (nSPS) is 11.9. The number of nitrogens with zero attached hydrogens (tertiary/aromatic N) is 2. The van der Waals surface area contributed by atoms with E-state index < -0.39 is 0 Å². The molecule has 1 aromatic heterocycles. The number of hydrogen-bond acceptors (Lipinski definition) is 6. The van der Waals surface area contributed by atoms with Gasteiger partial charge in [-0.1, -0.05) is 35.2 Å². The Bertz CT molecular complexity index is 558. The second kappa shape index (κ2) is 7.99. The third-order valence-electron chi connectivity index (χ3n) is 2.86. The number of nitrogens with one attached hydrogen (secondary N) is 1. The fourth-order valence-electron chi connectivity index (χ4n) is 1.68. The smallest absolute Gasteiger partial charge is 0.233 e. The Balaban J connectivity index is 1.73. The fourth-order valence-corrected chi connectivity index (χ4v) is 3.34. The first-order valence-electron chi connectivity index (χ1n) is 6.52. The molecule has 21 heavy (non-hydrogen) atoms. The van der Waals surface area contributed by atoms with Crippen LogP contribution in [-0.2, 0) is 11.2 Å². The zero-order valence-corrected chi connectivity index (χ0v) is 13.5. The molecule has 1 atom stereocenters. The molecule has 0 aliphatic carbocycles. The van der Waals surface area contributed by atoms with Crippen LogP contribution >= 0.6 is 23.1 Å². The molecule has 0 aliphatic rings. The SMILES string of the molecule is COc1ccc(CCNC(=O)C(C)Sc2nncs2)cc1. The van der Waals surface area contributed by atoms with Gasteiger partial charge >= 0.3 is 0 Å². The molecule has 1 N–H and O–H groups in total. The maximum absolute atomic E-state index is 12.0. The van der Waals surface area contributed by atoms with Crippen LogP contribution in [-0.4, -0.2) is 35.0 Å². The number of thioether (sulfide) groups is 1. The summed E-state index contributed by atoms with van der Waals surface area (Å²) in [6.07, 6.45) is 0.798. The molecule has 7 heteroatoms. The summed E-state index contributed by atoms with van der Waals surface area (Å²) in [5.74, 6) is 0.855. The van der Waals surface area contributed by atoms with Crippen LogP contribution < -0.4 is 10.1 Å². The summed E-state index contributed by atoms with van der Waals surface area (Å²) < 4.78 is 5.92. The number of carbonyl (C=O) groups is 1. The van der Waals surface area contributed by atoms with Crippen molar-refractivity contribution in [1.29, 1.82) is 0 Å². The summed E-state index contributed by atoms with van der Waals surface area (Å²) in [5, 5.41) is 10.4. The van der Waals surface area contributed by atoms with Gasteiger partial charge in [0.2, 0.25) is 5.91 Å². The largest absolute Gasteiger partial charge is 0.497 e. The van der Waals surface area contributed by atoms with Crippen molar-refractivity contribution < 1.29 is 9.53 Å². The molecule has 1 aromatic carbocycles. The summed E-state index contributed by atoms with van der Waals surface area (Å²) in [6, 6.07) is 7.85. The summed E-state index contributed by atoms with van der Waals surface area (Å²) in [7, 11) is 1.65. The molecule has 1 amide bonds. The summed E-state index contributed by atoms with van der Waals surface area (Å²) in [6.45, 7) is 2.49. The van der Waals surface area contributed by atoms with Crippen molar-refractivity contribution in [1.82, 2.24) is 15.5 Å². The molecule has 1 heterocycles. The number of amides is 1. The molecule has 0 aliphatic heterocycles. The number of ether oxygens (including phenoxy) is 1. The minimum absolute atomic E-state index is 0.0173. The maximum Gasteiger partial charge on any atom is 0.233 e. The highest BCUT2D eigenvalue weighted by molar-refractivity contribution is 8.02. The van der Waals surface area contributed by atoms with Crippen LogP contribution in [0.1, 0.15) is 12.5 Å². The molecular formula is C14H17N3O2S2. The lowest BCUT2D eigenvalue weighted by Crippen LogP contribution is -2.32. The van der Waals surface area contributed by atoms with Crippen LogP contribution in [0.5, 0.6) is 5.75 Å². The molecule has 0 spiro atoms. The Morgan fingerprint density at radius 1 is 1.43 bits per heavy atom. The molecule has 112 valence electrons. The van der Waals surface area contributed by atoms with E-state index in [-0.39, 0.29) is 11.2 Å². The highest BCUT2D eigenvalue weighted by Crippen LogP contribution is 2.23. The zero-order chi connectivity index (χ0) is 15.1. The van der Waals surface area contributed by atoms with E-state index in [1.807, 2.05) is 31.2 Å². The Labute approximate surface area is 132 Å². The van der Waals surface area contributed by atoms with Crippen molar-refractivity contribution in [3.63, 3.8) is 0 Å². The third kappa shape index (κ3) is 5.02. The van der Waals surface area contributed by atoms with Crippen LogP contribution in [0.15, 0.2) is 34.1 Å². The number of aromatic nitrogens is 2. The van der Waals surface area contributed by atoms with Crippen molar-refractivity contribution in [2.24, 2.45) is 0 Å². The highest BCUT2D eigenvalue weighted by Gasteiger charge is 2.15. The predicted octanol–water partition coefficient (Wildman–Crippen LogP) is 2.39. The Kier molecular flexibility index (Phi) is 6.01. The number of rotatable bonds is 7. The van der Waals surface area contributed by atoms with Gasteiger partial charge in [-0.15, -0.1) is 10.2 Å². The minimum Gasteiger partial charge on any atom is -0.497 e. The maximum atomic E-state index is 12.0. The van der Waals surface area contributed by atoms with Gasteiger partial charge in [0, 0.05) is 6.54 Å². The number of carbonyl (C=O) groups excluding carboxylic acids is 1. The van der Waals surface area contributed by atoms with E-state index in [0.29, 0.717) is 6.54 Å². The first kappa shape index (κ1) is 15.8. The molecule has 2 rings (SSSR count). The van der Waals surface area contributed by atoms with E-state index in [9.17, 15) is 4.79 Å². The number of methoxy groups -OCH3 is 1. The molecule has 5 nitrogen and oxygen atoms in total. The van der Waals surface area contributed by atoms with Crippen molar-refractivity contribution >= 4 is 29.0 Å². The first-order chi connectivity index (χ1) is 10.2. The van der Waals surface area contributed by atoms with Crippen LogP contribution in [0.25, 0.3) is 0 Å². The lowest BCUT2D eigenvalue weighted by Gasteiger charge is -2.10. The van der Waals surface area contributed by atoms with E-state index in [1.54, 1.807) is 12.6 Å². The van der Waals surface area contributed by atoms with Crippen molar-refractivity contribution in [3.05, 3.63) is 35.3 Å². The predicted molar refractivity (Wildman–Crippen MR) is 84.9 cm³/mol. The Morgan fingerprint density at radius 2 is 2.19 bits per heavy atom. The lowest BCUT2D eigenvalue weighted by atomic mass is 10.1. The van der Waals surface area contributed by atoms with Gasteiger partial charge in [0.05, 0.1) is 12.4 Å². The van der Waals surface area contributed by atoms with Gasteiger partial charge in [-0.2, -0.15) is 0 Å². The van der Waals surface area contributed by atoms with Crippen molar-refractivity contribution in [2.45, 2.75) is 22.9 Å². The van der Waals surface area contributed by atoms with Gasteiger partial charge in [0.25, 0.3) is 0 Å². The average Bonchev–Trinajstić information content (AvgIpc) is 3.00. The standard InChI is InChI=1S/C14H17N3O2S2/c1-10(21-14-17-16-9-20-14)13(18)15-8-7-11-3-5-12(19-2)6-4-11/h3-6,9-10H,7-8H2,1-2H3,(H,15,18). The average molecular weight is 323 g/mol. The van der Waals surface area contributed by atoms with E-state index >= 15 is 0 Å². The van der Waals surface area contributed by atoms with E-state index in [1.165, 1.54) is 28.7 Å². The summed E-state index contributed by atoms with van der Waals surface area (Å²) >= 11 is 2.87. The fraction of sp³-hybridized carbons (Fsp3) is 0.357. The molecule has 2 aromatic rings. The second-order valence-corrected chi connectivity index (χ2v) is 6.77. The molecule has 0 fully saturated rings. The third-order valence-corrected chi connectivity index (χ3v) is 4.77. The highest BCUT2D eigenvalue weighted by atomic mass is 32.2. The summed E-state index contributed by atoms with van der Waals surface area (Å²) in [4.78, 5) is 12.0. The van der Waals surface area contributed by atoms with Gasteiger partial charge in [-0.05, 0) is 31.0 Å². The van der Waals surface area contributed by atoms with Crippen LogP contribution in [0.2, 0.25) is 0 Å². The Hall–Kier alpha value is -1.60. The quantitative estimate of drug-likeness (QED) is 0.793. The monoisotopic (exact) mass is 323 g/mol. The second-order valence-electron chi connectivity index (χ2n) is 4.35.